The van der Waals surface area contributed by atoms with E-state index >= 15 is 4.79 Å². The van der Waals surface area contributed by atoms with Gasteiger partial charge in [-0.3, -0.25) is 14.5 Å². The van der Waals surface area contributed by atoms with Gasteiger partial charge in [0.05, 0.1) is 46.5 Å². The molecule has 3 heterocycles. The van der Waals surface area contributed by atoms with Crippen molar-refractivity contribution in [3.63, 3.8) is 0 Å². The fourth-order valence-corrected chi connectivity index (χ4v) is 12.9. The van der Waals surface area contributed by atoms with E-state index in [-0.39, 0.29) is 49.5 Å². The molecule has 0 radical (unpaired) electrons. The second-order valence-corrected chi connectivity index (χ2v) is 20.8. The summed E-state index contributed by atoms with van der Waals surface area (Å²) in [6, 6.07) is 23.6. The van der Waals surface area contributed by atoms with Crippen LogP contribution in [-0.4, -0.2) is 82.0 Å². The van der Waals surface area contributed by atoms with Crippen molar-refractivity contribution in [3.8, 4) is 5.75 Å². The number of anilines is 2. The quantitative estimate of drug-likeness (QED) is 0.127. The maximum absolute atomic E-state index is 15.3. The molecule has 1 spiro atoms. The van der Waals surface area contributed by atoms with Gasteiger partial charge in [-0.1, -0.05) is 91.0 Å². The van der Waals surface area contributed by atoms with Crippen LogP contribution in [0.25, 0.3) is 0 Å². The lowest BCUT2D eigenvalue weighted by Gasteiger charge is -2.37. The van der Waals surface area contributed by atoms with Gasteiger partial charge in [0.25, 0.3) is 5.91 Å². The number of fused-ring (bicyclic) bond motifs is 2. The highest BCUT2D eigenvalue weighted by Crippen LogP contribution is 2.60. The number of allylic oxidation sites excluding steroid dienone is 3. The number of cyclic esters (lactones) is 1. The van der Waals surface area contributed by atoms with Crippen LogP contribution in [0, 0.1) is 5.92 Å². The Morgan fingerprint density at radius 1 is 1.04 bits per heavy atom. The molecule has 56 heavy (non-hydrogen) atoms. The van der Waals surface area contributed by atoms with Gasteiger partial charge >= 0.3 is 6.09 Å². The molecule has 0 bridgehead atoms. The minimum absolute atomic E-state index is 0.0420. The van der Waals surface area contributed by atoms with Gasteiger partial charge in [0.1, 0.15) is 12.4 Å². The number of amides is 3. The van der Waals surface area contributed by atoms with Crippen LogP contribution < -0.4 is 19.7 Å². The van der Waals surface area contributed by atoms with Crippen molar-refractivity contribution in [2.75, 3.05) is 49.8 Å². The van der Waals surface area contributed by atoms with E-state index in [9.17, 15) is 14.7 Å². The summed E-state index contributed by atoms with van der Waals surface area (Å²) in [5.41, 5.74) is 3.93. The highest BCUT2D eigenvalue weighted by Gasteiger charge is 2.66. The molecule has 11 heteroatoms. The molecule has 0 saturated carbocycles. The molecule has 3 aliphatic rings. The maximum atomic E-state index is 15.3. The topological polar surface area (TPSA) is 109 Å². The number of nitrogens with zero attached hydrogens (tertiary/aromatic N) is 3. The summed E-state index contributed by atoms with van der Waals surface area (Å²) in [5.74, 6) is 0.105. The summed E-state index contributed by atoms with van der Waals surface area (Å²) < 4.78 is 18.1. The Kier molecular flexibility index (Phi) is 12.6. The van der Waals surface area contributed by atoms with E-state index in [0.29, 0.717) is 30.9 Å². The lowest BCUT2D eigenvalue weighted by Crippen LogP contribution is -2.52. The van der Waals surface area contributed by atoms with Gasteiger partial charge in [-0.05, 0) is 75.0 Å². The highest BCUT2D eigenvalue weighted by molar-refractivity contribution is 6.91. The van der Waals surface area contributed by atoms with Crippen LogP contribution in [0.4, 0.5) is 16.2 Å². The predicted octanol–water partition coefficient (Wildman–Crippen LogP) is 7.32. The van der Waals surface area contributed by atoms with Crippen molar-refractivity contribution in [1.82, 2.24) is 4.90 Å². The monoisotopic (exact) mass is 779 g/mol. The zero-order valence-electron chi connectivity index (χ0n) is 33.9. The summed E-state index contributed by atoms with van der Waals surface area (Å²) in [7, 11) is -0.906. The summed E-state index contributed by atoms with van der Waals surface area (Å²) >= 11 is 0. The first kappa shape index (κ1) is 40.9. The van der Waals surface area contributed by atoms with Crippen molar-refractivity contribution in [1.29, 1.82) is 0 Å². The fourth-order valence-electron chi connectivity index (χ4n) is 8.93. The summed E-state index contributed by atoms with van der Waals surface area (Å²) in [6.07, 6.45) is 5.16. The van der Waals surface area contributed by atoms with E-state index in [1.165, 1.54) is 11.1 Å². The summed E-state index contributed by atoms with van der Waals surface area (Å²) in [4.78, 5) is 47.7. The number of carbonyl (C=O) groups excluding carboxylic acids is 3. The largest absolute Gasteiger partial charge is 0.497 e. The van der Waals surface area contributed by atoms with Crippen molar-refractivity contribution in [3.05, 3.63) is 107 Å². The average molecular weight is 780 g/mol. The Hall–Kier alpha value is -4.71. The molecule has 298 valence electrons. The van der Waals surface area contributed by atoms with Gasteiger partial charge in [0, 0.05) is 36.8 Å². The zero-order valence-corrected chi connectivity index (χ0v) is 34.9. The average Bonchev–Trinajstić information content (AvgIpc) is 3.81. The third-order valence-corrected chi connectivity index (χ3v) is 16.3. The number of rotatable bonds is 15. The third kappa shape index (κ3) is 8.08. The number of aliphatic hydroxyl groups is 1. The number of ether oxygens (including phenoxy) is 3. The standard InChI is InChI=1S/C45H57N3O7Si/c1-31(2)12-11-13-32(3)22-23-48-39-21-16-35(47-25-27-54-44(47)52)28-38(39)45(43(48)51)33(4)42(56(6,7)37-19-17-36(53-5)18-20-37)40(55-45)29-41(50)46(24-26-49)30-34-14-9-8-10-15-34/h8-10,12,14-22,28,33,40,42,49H,11,13,23-27,29-30H2,1-7H3/b32-22+/t33-,40+,42-,45+/m1/s1. The minimum atomic E-state index is -2.55. The second kappa shape index (κ2) is 17.2. The van der Waals surface area contributed by atoms with Gasteiger partial charge in [-0.15, -0.1) is 0 Å². The van der Waals surface area contributed by atoms with Gasteiger partial charge in [-0.2, -0.15) is 0 Å². The van der Waals surface area contributed by atoms with Crippen LogP contribution in [0.3, 0.4) is 0 Å². The van der Waals surface area contributed by atoms with Crippen molar-refractivity contribution >= 4 is 42.5 Å². The van der Waals surface area contributed by atoms with E-state index in [1.54, 1.807) is 16.9 Å². The molecule has 4 atom stereocenters. The Morgan fingerprint density at radius 3 is 2.41 bits per heavy atom. The fraction of sp³-hybridized carbons (Fsp3) is 0.444. The van der Waals surface area contributed by atoms with Crippen LogP contribution in [-0.2, 0) is 31.2 Å². The number of methoxy groups -OCH3 is 1. The minimum Gasteiger partial charge on any atom is -0.497 e. The van der Waals surface area contributed by atoms with Crippen LogP contribution in [0.15, 0.2) is 96.1 Å². The Balaban J connectivity index is 1.44. The van der Waals surface area contributed by atoms with Crippen LogP contribution >= 0.6 is 0 Å². The van der Waals surface area contributed by atoms with E-state index in [2.05, 4.69) is 65.1 Å². The van der Waals surface area contributed by atoms with Gasteiger partial charge in [0.2, 0.25) is 5.91 Å². The Bertz CT molecular complexity index is 1960. The van der Waals surface area contributed by atoms with Crippen LogP contribution in [0.2, 0.25) is 18.6 Å². The molecule has 0 aromatic heterocycles. The Labute approximate surface area is 332 Å². The van der Waals surface area contributed by atoms with Crippen LogP contribution in [0.5, 0.6) is 5.75 Å². The third-order valence-electron chi connectivity index (χ3n) is 11.9. The van der Waals surface area contributed by atoms with Crippen LogP contribution in [0.1, 0.15) is 58.1 Å². The normalized spacial score (nSPS) is 22.1. The zero-order chi connectivity index (χ0) is 40.2. The smallest absolute Gasteiger partial charge is 0.414 e. The molecule has 3 aliphatic heterocycles. The van der Waals surface area contributed by atoms with E-state index < -0.39 is 25.9 Å². The molecule has 0 unspecified atom stereocenters. The second-order valence-electron chi connectivity index (χ2n) is 16.1. The number of carbonyl (C=O) groups is 3. The molecule has 3 amide bonds. The predicted molar refractivity (Wildman–Crippen MR) is 223 cm³/mol. The number of hydrogen-bond donors (Lipinski definition) is 1. The van der Waals surface area contributed by atoms with Gasteiger partial charge in [0.15, 0.2) is 5.60 Å². The van der Waals surface area contributed by atoms with E-state index in [1.807, 2.05) is 65.6 Å². The van der Waals surface area contributed by atoms with Crippen molar-refractivity contribution < 1.29 is 33.7 Å². The molecule has 0 aliphatic carbocycles. The molecule has 2 saturated heterocycles. The van der Waals surface area contributed by atoms with E-state index in [4.69, 9.17) is 14.2 Å². The van der Waals surface area contributed by atoms with Gasteiger partial charge in [-0.25, -0.2) is 4.79 Å². The molecular weight excluding hydrogens is 723 g/mol. The van der Waals surface area contributed by atoms with Crippen molar-refractivity contribution in [2.24, 2.45) is 5.92 Å². The molecular formula is C45H57N3O7Si. The first-order valence-electron chi connectivity index (χ1n) is 19.8. The molecule has 10 nitrogen and oxygen atoms in total. The lowest BCUT2D eigenvalue weighted by atomic mass is 9.82. The first-order valence-corrected chi connectivity index (χ1v) is 22.8. The summed E-state index contributed by atoms with van der Waals surface area (Å²) in [6.45, 7) is 14.4. The number of benzene rings is 3. The number of aliphatic hydroxyl groups excluding tert-OH is 1. The van der Waals surface area contributed by atoms with E-state index in [0.717, 1.165) is 35.0 Å². The molecule has 1 N–H and O–H groups in total. The number of hydrogen-bond acceptors (Lipinski definition) is 7. The summed E-state index contributed by atoms with van der Waals surface area (Å²) in [5, 5.41) is 11.2. The first-order chi connectivity index (χ1) is 26.8. The molecule has 2 fully saturated rings. The van der Waals surface area contributed by atoms with Gasteiger partial charge < -0.3 is 29.1 Å². The molecule has 3 aromatic carbocycles. The lowest BCUT2D eigenvalue weighted by molar-refractivity contribution is -0.149. The highest BCUT2D eigenvalue weighted by atomic mass is 28.3. The van der Waals surface area contributed by atoms with Crippen molar-refractivity contribution in [2.45, 2.75) is 83.8 Å². The molecule has 6 rings (SSSR count). The SMILES string of the molecule is COc1ccc([Si](C)(C)[C@H]2[C@H](CC(=O)N(CCO)Cc3ccccc3)O[C@@]3(C(=O)N(C/C=C(\C)CCC=C(C)C)c4ccc(N5CCOC5=O)cc43)[C@@H]2C)cc1. The maximum Gasteiger partial charge on any atom is 0.414 e. The molecule has 3 aromatic rings. The Morgan fingerprint density at radius 2 is 1.77 bits per heavy atom.